The lowest BCUT2D eigenvalue weighted by Crippen LogP contribution is -2.30. The average molecular weight is 401 g/mol. The molecule has 10 heteroatoms. The first-order chi connectivity index (χ1) is 12.7. The summed E-state index contributed by atoms with van der Waals surface area (Å²) in [6.45, 7) is -0.587. The number of aryl methyl sites for hydroxylation is 1. The minimum atomic E-state index is -4.70. The smallest absolute Gasteiger partial charge is 0.418 e. The first-order valence-electron chi connectivity index (χ1n) is 8.38. The summed E-state index contributed by atoms with van der Waals surface area (Å²) in [5.74, 6) is -2.22. The van der Waals surface area contributed by atoms with Gasteiger partial charge in [0, 0.05) is 5.69 Å². The fourth-order valence-electron chi connectivity index (χ4n) is 2.95. The number of amides is 1. The number of hydrogen-bond acceptors (Lipinski definition) is 5. The van der Waals surface area contributed by atoms with Crippen LogP contribution in [0.25, 0.3) is 0 Å². The summed E-state index contributed by atoms with van der Waals surface area (Å²) < 4.78 is 41.1. The van der Waals surface area contributed by atoms with Gasteiger partial charge in [-0.3, -0.25) is 9.59 Å². The molecule has 0 aromatic carbocycles. The Morgan fingerprint density at radius 2 is 1.89 bits per heavy atom. The quantitative estimate of drug-likeness (QED) is 0.736. The zero-order valence-corrected chi connectivity index (χ0v) is 15.2. The van der Waals surface area contributed by atoms with Gasteiger partial charge < -0.3 is 10.4 Å². The van der Waals surface area contributed by atoms with Gasteiger partial charge in [-0.25, -0.2) is 4.98 Å². The summed E-state index contributed by atoms with van der Waals surface area (Å²) in [4.78, 5) is 26.4. The number of carbonyl (C=O) groups excluding carboxylic acids is 1. The molecule has 0 atom stereocenters. The maximum atomic E-state index is 13.7. The number of thioether (sulfide) groups is 1. The maximum absolute atomic E-state index is 13.7. The van der Waals surface area contributed by atoms with E-state index in [1.54, 1.807) is 6.07 Å². The lowest BCUT2D eigenvalue weighted by atomic mass is 9.91. The third-order valence-corrected chi connectivity index (χ3v) is 5.09. The molecule has 2 rings (SSSR count). The second-order valence-electron chi connectivity index (χ2n) is 6.08. The highest BCUT2D eigenvalue weighted by Gasteiger charge is 2.39. The van der Waals surface area contributed by atoms with Gasteiger partial charge in [-0.1, -0.05) is 24.6 Å². The van der Waals surface area contributed by atoms with Crippen LogP contribution in [0.3, 0.4) is 0 Å². The molecule has 0 saturated heterocycles. The number of nitrogens with one attached hydrogen (secondary N) is 1. The molecule has 1 amide bonds. The van der Waals surface area contributed by atoms with E-state index in [0.29, 0.717) is 36.7 Å². The third-order valence-electron chi connectivity index (χ3n) is 4.11. The molecule has 0 spiro atoms. The number of aliphatic carboxylic acids is 1. The van der Waals surface area contributed by atoms with Gasteiger partial charge in [0.15, 0.2) is 0 Å². The first-order valence-corrected chi connectivity index (χ1v) is 9.37. The monoisotopic (exact) mass is 401 g/mol. The third kappa shape index (κ3) is 5.60. The Bertz CT molecular complexity index is 775. The van der Waals surface area contributed by atoms with E-state index < -0.39 is 35.7 Å². The van der Waals surface area contributed by atoms with Crippen LogP contribution in [0, 0.1) is 11.3 Å². The van der Waals surface area contributed by atoms with Crippen LogP contribution in [0.5, 0.6) is 0 Å². The molecule has 0 bridgehead atoms. The van der Waals surface area contributed by atoms with Crippen molar-refractivity contribution >= 4 is 23.6 Å². The van der Waals surface area contributed by atoms with Gasteiger partial charge in [0.05, 0.1) is 16.9 Å². The fourth-order valence-corrected chi connectivity index (χ4v) is 3.79. The second kappa shape index (κ2) is 9.08. The van der Waals surface area contributed by atoms with Gasteiger partial charge in [-0.2, -0.15) is 18.4 Å². The summed E-state index contributed by atoms with van der Waals surface area (Å²) >= 11 is 0.708. The highest BCUT2D eigenvalue weighted by molar-refractivity contribution is 8.00. The van der Waals surface area contributed by atoms with Crippen molar-refractivity contribution in [3.8, 4) is 6.07 Å². The van der Waals surface area contributed by atoms with Crippen LogP contribution < -0.4 is 5.32 Å². The zero-order valence-electron chi connectivity index (χ0n) is 14.4. The number of nitriles is 1. The van der Waals surface area contributed by atoms with E-state index in [-0.39, 0.29) is 22.8 Å². The molecule has 27 heavy (non-hydrogen) atoms. The molecule has 1 aromatic heterocycles. The largest absolute Gasteiger partial charge is 0.480 e. The molecule has 0 fully saturated rings. The molecule has 0 radical (unpaired) electrons. The van der Waals surface area contributed by atoms with Crippen molar-refractivity contribution in [2.75, 3.05) is 12.3 Å². The molecule has 1 aliphatic carbocycles. The molecule has 6 nitrogen and oxygen atoms in total. The van der Waals surface area contributed by atoms with Crippen molar-refractivity contribution in [1.82, 2.24) is 10.3 Å². The van der Waals surface area contributed by atoms with Crippen LogP contribution in [-0.2, 0) is 28.6 Å². The number of carbonyl (C=O) groups is 2. The highest BCUT2D eigenvalue weighted by atomic mass is 32.2. The van der Waals surface area contributed by atoms with E-state index in [1.165, 1.54) is 0 Å². The zero-order chi connectivity index (χ0) is 20.0. The predicted octanol–water partition coefficient (Wildman–Crippen LogP) is 2.92. The number of carboxylic acids is 1. The Hall–Kier alpha value is -2.28. The molecule has 1 aromatic rings. The molecule has 2 N–H and O–H groups in total. The minimum Gasteiger partial charge on any atom is -0.480 e. The summed E-state index contributed by atoms with van der Waals surface area (Å²) in [6.07, 6.45) is -1.03. The van der Waals surface area contributed by atoms with Crippen LogP contribution in [-0.4, -0.2) is 34.3 Å². The summed E-state index contributed by atoms with van der Waals surface area (Å²) in [5, 5.41) is 19.9. The number of hydrogen-bond donors (Lipinski definition) is 2. The molecule has 146 valence electrons. The van der Waals surface area contributed by atoms with Crippen molar-refractivity contribution in [2.45, 2.75) is 49.7 Å². The number of carboxylic acid groups (broad SMARTS) is 1. The van der Waals surface area contributed by atoms with E-state index in [9.17, 15) is 28.0 Å². The van der Waals surface area contributed by atoms with Crippen LogP contribution in [0.1, 0.15) is 48.1 Å². The summed E-state index contributed by atoms with van der Waals surface area (Å²) in [5.41, 5.74) is -1.11. The SMILES string of the molecule is N#Cc1c(SCC(=O)NCC(=O)O)nc2c(c1C(F)(F)F)CCCCCC2. The van der Waals surface area contributed by atoms with Crippen LogP contribution in [0.2, 0.25) is 0 Å². The molecule has 0 unspecified atom stereocenters. The first kappa shape index (κ1) is 21.0. The molecule has 0 saturated carbocycles. The molecule has 1 aliphatic rings. The Balaban J connectivity index is 2.39. The van der Waals surface area contributed by atoms with Crippen molar-refractivity contribution in [3.63, 3.8) is 0 Å². The van der Waals surface area contributed by atoms with Crippen LogP contribution >= 0.6 is 11.8 Å². The topological polar surface area (TPSA) is 103 Å². The van der Waals surface area contributed by atoms with Crippen molar-refractivity contribution in [3.05, 3.63) is 22.4 Å². The fraction of sp³-hybridized carbons (Fsp3) is 0.529. The molecular formula is C17H18F3N3O3S. The lowest BCUT2D eigenvalue weighted by molar-refractivity contribution is -0.139. The molecular weight excluding hydrogens is 383 g/mol. The van der Waals surface area contributed by atoms with E-state index in [4.69, 9.17) is 5.11 Å². The summed E-state index contributed by atoms with van der Waals surface area (Å²) in [7, 11) is 0. The predicted molar refractivity (Wildman–Crippen MR) is 91.2 cm³/mol. The Kier molecular flexibility index (Phi) is 7.07. The minimum absolute atomic E-state index is 0.0819. The number of halogens is 3. The number of nitrogens with zero attached hydrogens (tertiary/aromatic N) is 2. The van der Waals surface area contributed by atoms with Crippen LogP contribution in [0.15, 0.2) is 5.03 Å². The number of alkyl halides is 3. The number of pyridine rings is 1. The van der Waals surface area contributed by atoms with E-state index >= 15 is 0 Å². The Labute approximate surface area is 158 Å². The molecule has 1 heterocycles. The average Bonchev–Trinajstić information content (AvgIpc) is 2.57. The van der Waals surface area contributed by atoms with Gasteiger partial charge in [-0.15, -0.1) is 0 Å². The van der Waals surface area contributed by atoms with Gasteiger partial charge in [-0.05, 0) is 31.2 Å². The summed E-state index contributed by atoms with van der Waals surface area (Å²) in [6, 6.07) is 1.60. The van der Waals surface area contributed by atoms with E-state index in [1.807, 2.05) is 0 Å². The number of rotatable bonds is 5. The van der Waals surface area contributed by atoms with E-state index in [0.717, 1.165) is 12.8 Å². The second-order valence-corrected chi connectivity index (χ2v) is 7.04. The van der Waals surface area contributed by atoms with Gasteiger partial charge in [0.1, 0.15) is 17.6 Å². The van der Waals surface area contributed by atoms with Gasteiger partial charge in [0.2, 0.25) is 5.91 Å². The maximum Gasteiger partial charge on any atom is 0.418 e. The molecule has 0 aliphatic heterocycles. The standard InChI is InChI=1S/C17H18F3N3O3S/c18-17(19,20)15-10-5-3-1-2-4-6-12(10)23-16(11(15)7-21)27-9-13(24)22-8-14(25)26/h1-6,8-9H2,(H,22,24)(H,25,26). The van der Waals surface area contributed by atoms with E-state index in [2.05, 4.69) is 10.3 Å². The van der Waals surface area contributed by atoms with Crippen LogP contribution in [0.4, 0.5) is 13.2 Å². The normalized spacial score (nSPS) is 14.4. The Morgan fingerprint density at radius 1 is 1.22 bits per heavy atom. The lowest BCUT2D eigenvalue weighted by Gasteiger charge is -2.21. The number of aromatic nitrogens is 1. The Morgan fingerprint density at radius 3 is 2.48 bits per heavy atom. The van der Waals surface area contributed by atoms with Crippen molar-refractivity contribution in [1.29, 1.82) is 5.26 Å². The number of fused-ring (bicyclic) bond motifs is 1. The van der Waals surface area contributed by atoms with Crippen molar-refractivity contribution in [2.24, 2.45) is 0 Å². The van der Waals surface area contributed by atoms with Crippen molar-refractivity contribution < 1.29 is 27.9 Å². The van der Waals surface area contributed by atoms with Gasteiger partial charge in [0.25, 0.3) is 0 Å². The highest BCUT2D eigenvalue weighted by Crippen LogP contribution is 2.40. The van der Waals surface area contributed by atoms with Gasteiger partial charge >= 0.3 is 12.1 Å².